The fourth-order valence-electron chi connectivity index (χ4n) is 3.37. The van der Waals surface area contributed by atoms with E-state index in [0.717, 1.165) is 50.1 Å². The van der Waals surface area contributed by atoms with E-state index in [-0.39, 0.29) is 5.91 Å². The molecule has 1 amide bonds. The van der Waals surface area contributed by atoms with Crippen molar-refractivity contribution in [2.24, 2.45) is 5.92 Å². The number of nitrogens with zero attached hydrogens (tertiary/aromatic N) is 1. The molecule has 0 bridgehead atoms. The Morgan fingerprint density at radius 1 is 1.17 bits per heavy atom. The minimum Gasteiger partial charge on any atom is -0.494 e. The summed E-state index contributed by atoms with van der Waals surface area (Å²) in [6.07, 6.45) is 6.51. The van der Waals surface area contributed by atoms with Crippen molar-refractivity contribution in [3.05, 3.63) is 48.2 Å². The number of carbonyl (C=O) groups excluding carboxylic acids is 1. The van der Waals surface area contributed by atoms with Crippen LogP contribution in [0.15, 0.2) is 42.6 Å². The molecule has 2 heterocycles. The highest BCUT2D eigenvalue weighted by Gasteiger charge is 2.15. The van der Waals surface area contributed by atoms with Gasteiger partial charge in [0.25, 0.3) is 0 Å². The molecule has 2 aromatic rings. The number of hydrogen-bond donors (Lipinski definition) is 2. The Morgan fingerprint density at radius 3 is 2.69 bits per heavy atom. The zero-order valence-corrected chi connectivity index (χ0v) is 17.2. The number of pyridine rings is 1. The van der Waals surface area contributed by atoms with Gasteiger partial charge in [-0.3, -0.25) is 4.79 Å². The summed E-state index contributed by atoms with van der Waals surface area (Å²) in [5, 5.41) is 6.36. The molecule has 0 radical (unpaired) electrons. The predicted molar refractivity (Wildman–Crippen MR) is 113 cm³/mol. The summed E-state index contributed by atoms with van der Waals surface area (Å²) in [4.78, 5) is 16.6. The number of piperidine rings is 1. The van der Waals surface area contributed by atoms with Crippen molar-refractivity contribution < 1.29 is 14.3 Å². The van der Waals surface area contributed by atoms with Gasteiger partial charge in [-0.05, 0) is 75.0 Å². The topological polar surface area (TPSA) is 72.5 Å². The zero-order valence-electron chi connectivity index (χ0n) is 17.2. The molecule has 0 atom stereocenters. The van der Waals surface area contributed by atoms with E-state index in [1.54, 1.807) is 6.20 Å². The first-order chi connectivity index (χ1) is 14.2. The smallest absolute Gasteiger partial charge is 0.224 e. The molecule has 29 heavy (non-hydrogen) atoms. The molecule has 6 heteroatoms. The fraction of sp³-hybridized carbons (Fsp3) is 0.478. The molecule has 1 aromatic carbocycles. The predicted octanol–water partition coefficient (Wildman–Crippen LogP) is 4.06. The minimum atomic E-state index is 0.0794. The summed E-state index contributed by atoms with van der Waals surface area (Å²) in [7, 11) is 0. The maximum Gasteiger partial charge on any atom is 0.224 e. The van der Waals surface area contributed by atoms with Crippen LogP contribution in [0.1, 0.15) is 44.6 Å². The summed E-state index contributed by atoms with van der Waals surface area (Å²) in [5.41, 5.74) is 0.856. The second-order valence-corrected chi connectivity index (χ2v) is 7.40. The molecule has 1 fully saturated rings. The SMILES string of the molecule is CCCOc1ccc(Oc2ncccc2CNC(=O)CCC2CCNCC2)cc1. The first-order valence-corrected chi connectivity index (χ1v) is 10.6. The van der Waals surface area contributed by atoms with Crippen LogP contribution < -0.4 is 20.1 Å². The van der Waals surface area contributed by atoms with Gasteiger partial charge in [0.1, 0.15) is 11.5 Å². The molecule has 0 unspecified atom stereocenters. The summed E-state index contributed by atoms with van der Waals surface area (Å²) >= 11 is 0. The van der Waals surface area contributed by atoms with Crippen LogP contribution in [0.4, 0.5) is 0 Å². The average molecular weight is 398 g/mol. The minimum absolute atomic E-state index is 0.0794. The van der Waals surface area contributed by atoms with Gasteiger partial charge in [0, 0.05) is 24.7 Å². The van der Waals surface area contributed by atoms with E-state index in [4.69, 9.17) is 9.47 Å². The van der Waals surface area contributed by atoms with Gasteiger partial charge in [-0.15, -0.1) is 0 Å². The highest BCUT2D eigenvalue weighted by molar-refractivity contribution is 5.75. The second kappa shape index (κ2) is 11.4. The van der Waals surface area contributed by atoms with Crippen LogP contribution in [-0.4, -0.2) is 30.6 Å². The Kier molecular flexibility index (Phi) is 8.31. The molecular weight excluding hydrogens is 366 g/mol. The van der Waals surface area contributed by atoms with Crippen LogP contribution in [0.25, 0.3) is 0 Å². The number of amides is 1. The Balaban J connectivity index is 1.49. The molecule has 6 nitrogen and oxygen atoms in total. The van der Waals surface area contributed by atoms with Crippen molar-refractivity contribution in [2.45, 2.75) is 45.6 Å². The molecule has 0 aliphatic carbocycles. The van der Waals surface area contributed by atoms with Crippen molar-refractivity contribution in [1.82, 2.24) is 15.6 Å². The number of ether oxygens (including phenoxy) is 2. The third-order valence-electron chi connectivity index (χ3n) is 5.08. The second-order valence-electron chi connectivity index (χ2n) is 7.40. The van der Waals surface area contributed by atoms with Gasteiger partial charge < -0.3 is 20.1 Å². The quantitative estimate of drug-likeness (QED) is 0.633. The van der Waals surface area contributed by atoms with E-state index in [0.29, 0.717) is 37.1 Å². The Hall–Kier alpha value is -2.60. The Labute approximate surface area is 173 Å². The molecule has 2 N–H and O–H groups in total. The van der Waals surface area contributed by atoms with Crippen LogP contribution >= 0.6 is 0 Å². The highest BCUT2D eigenvalue weighted by Crippen LogP contribution is 2.25. The normalized spacial score (nSPS) is 14.4. The summed E-state index contributed by atoms with van der Waals surface area (Å²) in [6, 6.07) is 11.3. The van der Waals surface area contributed by atoms with Gasteiger partial charge in [0.15, 0.2) is 0 Å². The molecule has 1 saturated heterocycles. The van der Waals surface area contributed by atoms with Crippen molar-refractivity contribution in [3.63, 3.8) is 0 Å². The molecule has 1 aromatic heterocycles. The zero-order chi connectivity index (χ0) is 20.3. The van der Waals surface area contributed by atoms with Gasteiger partial charge in [-0.2, -0.15) is 0 Å². The fourth-order valence-corrected chi connectivity index (χ4v) is 3.37. The van der Waals surface area contributed by atoms with Crippen LogP contribution in [-0.2, 0) is 11.3 Å². The molecule has 3 rings (SSSR count). The molecule has 1 aliphatic heterocycles. The Morgan fingerprint density at radius 2 is 1.93 bits per heavy atom. The molecule has 0 spiro atoms. The lowest BCUT2D eigenvalue weighted by Gasteiger charge is -2.22. The van der Waals surface area contributed by atoms with Crippen molar-refractivity contribution >= 4 is 5.91 Å². The lowest BCUT2D eigenvalue weighted by atomic mass is 9.93. The Bertz CT molecular complexity index is 758. The largest absolute Gasteiger partial charge is 0.494 e. The monoisotopic (exact) mass is 397 g/mol. The molecule has 0 saturated carbocycles. The highest BCUT2D eigenvalue weighted by atomic mass is 16.5. The van der Waals surface area contributed by atoms with E-state index in [1.165, 1.54) is 0 Å². The van der Waals surface area contributed by atoms with E-state index >= 15 is 0 Å². The molecule has 156 valence electrons. The third kappa shape index (κ3) is 7.06. The van der Waals surface area contributed by atoms with Gasteiger partial charge in [-0.25, -0.2) is 4.98 Å². The summed E-state index contributed by atoms with van der Waals surface area (Å²) in [5.74, 6) is 2.75. The first-order valence-electron chi connectivity index (χ1n) is 10.6. The van der Waals surface area contributed by atoms with E-state index < -0.39 is 0 Å². The van der Waals surface area contributed by atoms with Gasteiger partial charge >= 0.3 is 0 Å². The van der Waals surface area contributed by atoms with E-state index in [1.807, 2.05) is 36.4 Å². The number of benzene rings is 1. The number of rotatable bonds is 10. The summed E-state index contributed by atoms with van der Waals surface area (Å²) in [6.45, 7) is 5.31. The van der Waals surface area contributed by atoms with Crippen LogP contribution in [0.5, 0.6) is 17.4 Å². The molecule has 1 aliphatic rings. The van der Waals surface area contributed by atoms with Crippen LogP contribution in [0.2, 0.25) is 0 Å². The lowest BCUT2D eigenvalue weighted by molar-refractivity contribution is -0.121. The van der Waals surface area contributed by atoms with Gasteiger partial charge in [-0.1, -0.05) is 13.0 Å². The number of aromatic nitrogens is 1. The first kappa shape index (κ1) is 21.1. The lowest BCUT2D eigenvalue weighted by Crippen LogP contribution is -2.29. The van der Waals surface area contributed by atoms with Crippen molar-refractivity contribution in [1.29, 1.82) is 0 Å². The summed E-state index contributed by atoms with van der Waals surface area (Å²) < 4.78 is 11.5. The van der Waals surface area contributed by atoms with E-state index in [9.17, 15) is 4.79 Å². The molecular formula is C23H31N3O3. The van der Waals surface area contributed by atoms with Crippen molar-refractivity contribution in [2.75, 3.05) is 19.7 Å². The number of nitrogens with one attached hydrogen (secondary N) is 2. The maximum atomic E-state index is 12.3. The van der Waals surface area contributed by atoms with E-state index in [2.05, 4.69) is 22.5 Å². The van der Waals surface area contributed by atoms with Crippen LogP contribution in [0, 0.1) is 5.92 Å². The number of carbonyl (C=O) groups is 1. The van der Waals surface area contributed by atoms with Crippen LogP contribution in [0.3, 0.4) is 0 Å². The average Bonchev–Trinajstić information content (AvgIpc) is 2.77. The standard InChI is InChI=1S/C23H31N3O3/c1-2-16-28-20-6-8-21(9-7-20)29-23-19(4-3-13-25-23)17-26-22(27)10-5-18-11-14-24-15-12-18/h3-4,6-9,13,18,24H,2,5,10-12,14-17H2,1H3,(H,26,27). The third-order valence-corrected chi connectivity index (χ3v) is 5.08. The van der Waals surface area contributed by atoms with Crippen molar-refractivity contribution in [3.8, 4) is 17.4 Å². The maximum absolute atomic E-state index is 12.3. The number of hydrogen-bond acceptors (Lipinski definition) is 5. The van der Waals surface area contributed by atoms with Gasteiger partial charge in [0.2, 0.25) is 11.8 Å². The van der Waals surface area contributed by atoms with Gasteiger partial charge in [0.05, 0.1) is 6.61 Å².